The van der Waals surface area contributed by atoms with Gasteiger partial charge < -0.3 is 10.6 Å². The first kappa shape index (κ1) is 14.5. The van der Waals surface area contributed by atoms with Crippen LogP contribution in [0.4, 0.5) is 5.69 Å². The molecule has 0 aliphatic heterocycles. The van der Waals surface area contributed by atoms with Gasteiger partial charge in [0.25, 0.3) is 5.91 Å². The first-order valence-electron chi connectivity index (χ1n) is 6.63. The average molecular weight is 289 g/mol. The second-order valence-corrected chi connectivity index (χ2v) is 5.54. The van der Waals surface area contributed by atoms with Crippen molar-refractivity contribution in [2.24, 2.45) is 0 Å². The summed E-state index contributed by atoms with van der Waals surface area (Å²) in [5.74, 6) is -0.0432. The molecule has 1 heterocycles. The number of hydrogen-bond acceptors (Lipinski definition) is 4. The Morgan fingerprint density at radius 3 is 2.75 bits per heavy atom. The van der Waals surface area contributed by atoms with E-state index < -0.39 is 0 Å². The molecular formula is C15H19N3OS. The largest absolute Gasteiger partial charge is 0.385 e. The highest BCUT2D eigenvalue weighted by atomic mass is 32.1. The average Bonchev–Trinajstić information content (AvgIpc) is 2.82. The Kier molecular flexibility index (Phi) is 4.74. The van der Waals surface area contributed by atoms with E-state index in [1.165, 1.54) is 0 Å². The summed E-state index contributed by atoms with van der Waals surface area (Å²) in [5, 5.41) is 6.18. The lowest BCUT2D eigenvalue weighted by Crippen LogP contribution is -2.23. The second-order valence-electron chi connectivity index (χ2n) is 4.60. The Bertz CT molecular complexity index is 607. The fourth-order valence-electron chi connectivity index (χ4n) is 1.98. The molecule has 0 radical (unpaired) electrons. The van der Waals surface area contributed by atoms with Crippen molar-refractivity contribution in [3.8, 4) is 0 Å². The standard InChI is InChI=1S/C15H19N3OS/c1-4-16-12-5-6-13(10(2)7-12)15(19)17-8-14-11(3)18-9-20-14/h5-7,9,16H,4,8H2,1-3H3,(H,17,19). The molecule has 0 atom stereocenters. The van der Waals surface area contributed by atoms with Gasteiger partial charge in [-0.25, -0.2) is 4.98 Å². The summed E-state index contributed by atoms with van der Waals surface area (Å²) >= 11 is 1.56. The van der Waals surface area contributed by atoms with Gasteiger partial charge in [0.15, 0.2) is 0 Å². The lowest BCUT2D eigenvalue weighted by Gasteiger charge is -2.10. The van der Waals surface area contributed by atoms with Crippen LogP contribution in [0.15, 0.2) is 23.7 Å². The number of anilines is 1. The van der Waals surface area contributed by atoms with Crippen LogP contribution in [0.25, 0.3) is 0 Å². The van der Waals surface area contributed by atoms with E-state index in [9.17, 15) is 4.79 Å². The van der Waals surface area contributed by atoms with Crippen molar-refractivity contribution in [2.45, 2.75) is 27.3 Å². The molecule has 2 N–H and O–H groups in total. The molecule has 0 aliphatic rings. The normalized spacial score (nSPS) is 10.3. The van der Waals surface area contributed by atoms with Crippen LogP contribution in [-0.2, 0) is 6.54 Å². The molecule has 1 aromatic heterocycles. The number of thiazole rings is 1. The molecule has 0 spiro atoms. The number of aryl methyl sites for hydroxylation is 2. The number of carbonyl (C=O) groups is 1. The maximum Gasteiger partial charge on any atom is 0.251 e. The molecule has 1 amide bonds. The van der Waals surface area contributed by atoms with Gasteiger partial charge in [-0.2, -0.15) is 0 Å². The van der Waals surface area contributed by atoms with Crippen LogP contribution in [0.3, 0.4) is 0 Å². The van der Waals surface area contributed by atoms with Crippen LogP contribution in [0, 0.1) is 13.8 Å². The SMILES string of the molecule is CCNc1ccc(C(=O)NCc2scnc2C)c(C)c1. The Morgan fingerprint density at radius 2 is 2.15 bits per heavy atom. The fraction of sp³-hybridized carbons (Fsp3) is 0.333. The van der Waals surface area contributed by atoms with Crippen LogP contribution in [0.5, 0.6) is 0 Å². The van der Waals surface area contributed by atoms with Crippen LogP contribution >= 0.6 is 11.3 Å². The summed E-state index contributed by atoms with van der Waals surface area (Å²) in [4.78, 5) is 17.5. The Hall–Kier alpha value is -1.88. The van der Waals surface area contributed by atoms with Crippen LogP contribution in [0.2, 0.25) is 0 Å². The number of hydrogen-bond donors (Lipinski definition) is 2. The quantitative estimate of drug-likeness (QED) is 0.889. The first-order valence-corrected chi connectivity index (χ1v) is 7.51. The molecule has 20 heavy (non-hydrogen) atoms. The Morgan fingerprint density at radius 1 is 1.35 bits per heavy atom. The number of benzene rings is 1. The fourth-order valence-corrected chi connectivity index (χ4v) is 2.70. The van der Waals surface area contributed by atoms with Gasteiger partial charge in [-0.3, -0.25) is 4.79 Å². The summed E-state index contributed by atoms with van der Waals surface area (Å²) in [6.45, 7) is 7.36. The van der Waals surface area contributed by atoms with Crippen molar-refractivity contribution in [1.29, 1.82) is 0 Å². The number of nitrogens with one attached hydrogen (secondary N) is 2. The zero-order valence-electron chi connectivity index (χ0n) is 12.0. The van der Waals surface area contributed by atoms with Gasteiger partial charge in [0.2, 0.25) is 0 Å². The molecule has 0 unspecified atom stereocenters. The van der Waals surface area contributed by atoms with Crippen molar-refractivity contribution < 1.29 is 4.79 Å². The summed E-state index contributed by atoms with van der Waals surface area (Å²) in [7, 11) is 0. The highest BCUT2D eigenvalue weighted by molar-refractivity contribution is 7.09. The molecule has 106 valence electrons. The Balaban J connectivity index is 2.04. The highest BCUT2D eigenvalue weighted by Crippen LogP contribution is 2.16. The van der Waals surface area contributed by atoms with Gasteiger partial charge in [0, 0.05) is 22.7 Å². The van der Waals surface area contributed by atoms with E-state index in [1.54, 1.807) is 16.8 Å². The smallest absolute Gasteiger partial charge is 0.251 e. The summed E-state index contributed by atoms with van der Waals surface area (Å²) in [6, 6.07) is 5.79. The number of nitrogens with zero attached hydrogens (tertiary/aromatic N) is 1. The molecule has 0 bridgehead atoms. The monoisotopic (exact) mass is 289 g/mol. The molecule has 0 aliphatic carbocycles. The van der Waals surface area contributed by atoms with Crippen molar-refractivity contribution in [1.82, 2.24) is 10.3 Å². The highest BCUT2D eigenvalue weighted by Gasteiger charge is 2.10. The van der Waals surface area contributed by atoms with E-state index in [-0.39, 0.29) is 5.91 Å². The van der Waals surface area contributed by atoms with E-state index in [0.29, 0.717) is 12.1 Å². The van der Waals surface area contributed by atoms with Crippen molar-refractivity contribution in [3.63, 3.8) is 0 Å². The molecule has 4 nitrogen and oxygen atoms in total. The molecule has 0 saturated heterocycles. The van der Waals surface area contributed by atoms with E-state index in [2.05, 4.69) is 15.6 Å². The van der Waals surface area contributed by atoms with Gasteiger partial charge in [-0.15, -0.1) is 11.3 Å². The third-order valence-corrected chi connectivity index (χ3v) is 4.04. The zero-order valence-corrected chi connectivity index (χ0v) is 12.8. The molecule has 0 fully saturated rings. The maximum absolute atomic E-state index is 12.2. The van der Waals surface area contributed by atoms with Gasteiger partial charge in [0.1, 0.15) is 0 Å². The van der Waals surface area contributed by atoms with Crippen molar-refractivity contribution >= 4 is 22.9 Å². The number of rotatable bonds is 5. The third kappa shape index (κ3) is 3.36. The first-order chi connectivity index (χ1) is 9.61. The van der Waals surface area contributed by atoms with Crippen molar-refractivity contribution in [3.05, 3.63) is 45.4 Å². The predicted molar refractivity (Wildman–Crippen MR) is 83.4 cm³/mol. The minimum atomic E-state index is -0.0432. The topological polar surface area (TPSA) is 54.0 Å². The van der Waals surface area contributed by atoms with Gasteiger partial charge in [-0.05, 0) is 44.5 Å². The lowest BCUT2D eigenvalue weighted by molar-refractivity contribution is 0.0950. The molecule has 0 saturated carbocycles. The summed E-state index contributed by atoms with van der Waals surface area (Å²) in [6.07, 6.45) is 0. The number of amides is 1. The zero-order chi connectivity index (χ0) is 14.5. The van der Waals surface area contributed by atoms with Gasteiger partial charge in [-0.1, -0.05) is 0 Å². The second kappa shape index (κ2) is 6.52. The summed E-state index contributed by atoms with van der Waals surface area (Å²) in [5.41, 5.74) is 5.51. The van der Waals surface area contributed by atoms with E-state index in [0.717, 1.165) is 28.4 Å². The lowest BCUT2D eigenvalue weighted by atomic mass is 10.1. The van der Waals surface area contributed by atoms with Gasteiger partial charge >= 0.3 is 0 Å². The van der Waals surface area contributed by atoms with Crippen LogP contribution in [0.1, 0.15) is 33.4 Å². The van der Waals surface area contributed by atoms with Crippen LogP contribution in [-0.4, -0.2) is 17.4 Å². The van der Waals surface area contributed by atoms with Gasteiger partial charge in [0.05, 0.1) is 17.7 Å². The third-order valence-electron chi connectivity index (χ3n) is 3.11. The predicted octanol–water partition coefficient (Wildman–Crippen LogP) is 3.12. The number of carbonyl (C=O) groups excluding carboxylic acids is 1. The van der Waals surface area contributed by atoms with E-state index in [1.807, 2.05) is 39.0 Å². The minimum absolute atomic E-state index is 0.0432. The van der Waals surface area contributed by atoms with E-state index in [4.69, 9.17) is 0 Å². The van der Waals surface area contributed by atoms with Crippen LogP contribution < -0.4 is 10.6 Å². The van der Waals surface area contributed by atoms with Crippen molar-refractivity contribution in [2.75, 3.05) is 11.9 Å². The molecular weight excluding hydrogens is 270 g/mol. The molecule has 2 aromatic rings. The summed E-state index contributed by atoms with van der Waals surface area (Å²) < 4.78 is 0. The van der Waals surface area contributed by atoms with E-state index >= 15 is 0 Å². The molecule has 2 rings (SSSR count). The maximum atomic E-state index is 12.2. The minimum Gasteiger partial charge on any atom is -0.385 e. The molecule has 1 aromatic carbocycles. The number of aromatic nitrogens is 1. The molecule has 5 heteroatoms. The Labute approximate surface area is 123 Å².